The number of ether oxygens (including phenoxy) is 1. The molecule has 1 N–H and O–H groups in total. The van der Waals surface area contributed by atoms with Crippen LogP contribution in [0.2, 0.25) is 5.02 Å². The number of oxazole rings is 1. The Balaban J connectivity index is 1.56. The predicted molar refractivity (Wildman–Crippen MR) is 116 cm³/mol. The van der Waals surface area contributed by atoms with E-state index in [2.05, 4.69) is 20.6 Å². The summed E-state index contributed by atoms with van der Waals surface area (Å²) in [5, 5.41) is 11.4. The third kappa shape index (κ3) is 4.15. The number of hydrogen-bond donors (Lipinski definition) is 1. The van der Waals surface area contributed by atoms with Crippen molar-refractivity contribution in [3.8, 4) is 17.2 Å². The van der Waals surface area contributed by atoms with Gasteiger partial charge in [0.05, 0.1) is 35.6 Å². The van der Waals surface area contributed by atoms with Crippen LogP contribution in [0, 0.1) is 13.8 Å². The van der Waals surface area contributed by atoms with Crippen LogP contribution in [0.1, 0.15) is 27.6 Å². The van der Waals surface area contributed by atoms with E-state index in [0.717, 1.165) is 5.56 Å². The first-order valence-corrected chi connectivity index (χ1v) is 9.91. The summed E-state index contributed by atoms with van der Waals surface area (Å²) >= 11 is 6.12. The highest BCUT2D eigenvalue weighted by molar-refractivity contribution is 6.33. The fourth-order valence-corrected chi connectivity index (χ4v) is 3.30. The zero-order chi connectivity index (χ0) is 22.0. The minimum Gasteiger partial charge on any atom is -0.496 e. The lowest BCUT2D eigenvalue weighted by atomic mass is 10.2. The summed E-state index contributed by atoms with van der Waals surface area (Å²) in [4.78, 5) is 17.3. The largest absolute Gasteiger partial charge is 0.496 e. The number of anilines is 1. The molecule has 8 nitrogen and oxygen atoms in total. The molecule has 2 aromatic carbocycles. The number of aromatic nitrogens is 4. The lowest BCUT2D eigenvalue weighted by molar-refractivity contribution is 0.102. The maximum absolute atomic E-state index is 12.6. The van der Waals surface area contributed by atoms with Gasteiger partial charge in [0.2, 0.25) is 5.89 Å². The number of rotatable bonds is 6. The molecular formula is C22H20ClN5O3. The molecule has 158 valence electrons. The van der Waals surface area contributed by atoms with E-state index in [-0.39, 0.29) is 11.6 Å². The number of aryl methyl sites for hydroxylation is 1. The molecule has 0 aliphatic rings. The van der Waals surface area contributed by atoms with Crippen LogP contribution in [0.25, 0.3) is 11.5 Å². The SMILES string of the molecule is COc1ccccc1-c1nc(Cn2nnc(C(=O)Nc3ccccc3Cl)c2C)c(C)o1. The number of carbonyl (C=O) groups excluding carboxylic acids is 1. The van der Waals surface area contributed by atoms with Crippen molar-refractivity contribution in [3.05, 3.63) is 76.4 Å². The van der Waals surface area contributed by atoms with Gasteiger partial charge in [0.15, 0.2) is 5.69 Å². The summed E-state index contributed by atoms with van der Waals surface area (Å²) in [6.07, 6.45) is 0. The molecule has 2 heterocycles. The number of methoxy groups -OCH3 is 1. The van der Waals surface area contributed by atoms with E-state index in [1.807, 2.05) is 31.2 Å². The van der Waals surface area contributed by atoms with E-state index in [1.165, 1.54) is 0 Å². The van der Waals surface area contributed by atoms with Crippen molar-refractivity contribution in [1.29, 1.82) is 0 Å². The number of para-hydroxylation sites is 2. The Hall–Kier alpha value is -3.65. The van der Waals surface area contributed by atoms with Gasteiger partial charge in [0.25, 0.3) is 5.91 Å². The van der Waals surface area contributed by atoms with E-state index in [4.69, 9.17) is 20.8 Å². The maximum atomic E-state index is 12.6. The number of halogens is 1. The van der Waals surface area contributed by atoms with Gasteiger partial charge < -0.3 is 14.5 Å². The van der Waals surface area contributed by atoms with E-state index in [9.17, 15) is 4.79 Å². The van der Waals surface area contributed by atoms with Crippen molar-refractivity contribution in [1.82, 2.24) is 20.0 Å². The number of nitrogens with zero attached hydrogens (tertiary/aromatic N) is 4. The van der Waals surface area contributed by atoms with Crippen LogP contribution < -0.4 is 10.1 Å². The molecule has 0 spiro atoms. The van der Waals surface area contributed by atoms with Crippen LogP contribution >= 0.6 is 11.6 Å². The first-order chi connectivity index (χ1) is 15.0. The van der Waals surface area contributed by atoms with Crippen LogP contribution in [0.3, 0.4) is 0 Å². The molecule has 0 radical (unpaired) electrons. The number of amides is 1. The fraction of sp³-hybridized carbons (Fsp3) is 0.182. The van der Waals surface area contributed by atoms with E-state index in [1.54, 1.807) is 43.0 Å². The third-order valence-electron chi connectivity index (χ3n) is 4.85. The third-order valence-corrected chi connectivity index (χ3v) is 5.18. The van der Waals surface area contributed by atoms with Crippen molar-refractivity contribution in [2.24, 2.45) is 0 Å². The Morgan fingerprint density at radius 2 is 1.90 bits per heavy atom. The van der Waals surface area contributed by atoms with Crippen molar-refractivity contribution < 1.29 is 13.9 Å². The summed E-state index contributed by atoms with van der Waals surface area (Å²) in [6, 6.07) is 14.5. The lowest BCUT2D eigenvalue weighted by Crippen LogP contribution is -2.14. The second-order valence-corrected chi connectivity index (χ2v) is 7.24. The normalized spacial score (nSPS) is 10.8. The predicted octanol–water partition coefficient (Wildman–Crippen LogP) is 4.51. The highest BCUT2D eigenvalue weighted by atomic mass is 35.5. The molecule has 4 rings (SSSR count). The first kappa shape index (κ1) is 20.6. The molecule has 0 bridgehead atoms. The van der Waals surface area contributed by atoms with E-state index >= 15 is 0 Å². The second kappa shape index (κ2) is 8.61. The van der Waals surface area contributed by atoms with Gasteiger partial charge in [0, 0.05) is 0 Å². The zero-order valence-electron chi connectivity index (χ0n) is 17.2. The van der Waals surface area contributed by atoms with Gasteiger partial charge in [-0.2, -0.15) is 0 Å². The molecule has 0 atom stereocenters. The van der Waals surface area contributed by atoms with Crippen molar-refractivity contribution >= 4 is 23.2 Å². The average Bonchev–Trinajstić information content (AvgIpc) is 3.32. The van der Waals surface area contributed by atoms with Gasteiger partial charge in [-0.15, -0.1) is 5.10 Å². The summed E-state index contributed by atoms with van der Waals surface area (Å²) in [7, 11) is 1.60. The van der Waals surface area contributed by atoms with Crippen molar-refractivity contribution in [2.75, 3.05) is 12.4 Å². The number of nitrogens with one attached hydrogen (secondary N) is 1. The Kier molecular flexibility index (Phi) is 5.73. The monoisotopic (exact) mass is 437 g/mol. The van der Waals surface area contributed by atoms with Crippen molar-refractivity contribution in [2.45, 2.75) is 20.4 Å². The van der Waals surface area contributed by atoms with Gasteiger partial charge in [-0.3, -0.25) is 4.79 Å². The zero-order valence-corrected chi connectivity index (χ0v) is 18.0. The van der Waals surface area contributed by atoms with Gasteiger partial charge in [0.1, 0.15) is 17.2 Å². The molecular weight excluding hydrogens is 418 g/mol. The molecule has 31 heavy (non-hydrogen) atoms. The molecule has 2 aromatic heterocycles. The number of benzene rings is 2. The molecule has 0 saturated heterocycles. The second-order valence-electron chi connectivity index (χ2n) is 6.84. The topological polar surface area (TPSA) is 95.1 Å². The van der Waals surface area contributed by atoms with Crippen molar-refractivity contribution in [3.63, 3.8) is 0 Å². The van der Waals surface area contributed by atoms with Gasteiger partial charge in [-0.05, 0) is 38.1 Å². The summed E-state index contributed by atoms with van der Waals surface area (Å²) in [5.74, 6) is 1.39. The minimum atomic E-state index is -0.386. The van der Waals surface area contributed by atoms with E-state index < -0.39 is 0 Å². The fourth-order valence-electron chi connectivity index (χ4n) is 3.12. The van der Waals surface area contributed by atoms with Crippen LogP contribution in [-0.2, 0) is 6.54 Å². The smallest absolute Gasteiger partial charge is 0.278 e. The Morgan fingerprint density at radius 3 is 2.68 bits per heavy atom. The number of carbonyl (C=O) groups is 1. The Morgan fingerprint density at radius 1 is 1.16 bits per heavy atom. The van der Waals surface area contributed by atoms with E-state index in [0.29, 0.717) is 46.0 Å². The Bertz CT molecular complexity index is 1250. The highest BCUT2D eigenvalue weighted by Gasteiger charge is 2.20. The number of hydrogen-bond acceptors (Lipinski definition) is 6. The van der Waals surface area contributed by atoms with Gasteiger partial charge in [-0.25, -0.2) is 9.67 Å². The molecule has 0 aliphatic heterocycles. The summed E-state index contributed by atoms with van der Waals surface area (Å²) in [6.45, 7) is 3.92. The molecule has 0 aliphatic carbocycles. The first-order valence-electron chi connectivity index (χ1n) is 9.53. The van der Waals surface area contributed by atoms with Gasteiger partial charge >= 0.3 is 0 Å². The Labute approximate surface area is 183 Å². The standard InChI is InChI=1S/C22H20ClN5O3/c1-13-20(21(29)24-17-10-6-5-9-16(17)23)26-27-28(13)12-18-14(2)31-22(25-18)15-8-4-7-11-19(15)30-3/h4-11H,12H2,1-3H3,(H,24,29). The van der Waals surface area contributed by atoms with Crippen LogP contribution in [0.4, 0.5) is 5.69 Å². The van der Waals surface area contributed by atoms with Crippen LogP contribution in [-0.4, -0.2) is 33.0 Å². The molecule has 0 fully saturated rings. The lowest BCUT2D eigenvalue weighted by Gasteiger charge is -2.06. The molecule has 9 heteroatoms. The highest BCUT2D eigenvalue weighted by Crippen LogP contribution is 2.30. The van der Waals surface area contributed by atoms with Crippen LogP contribution in [0.15, 0.2) is 52.9 Å². The average molecular weight is 438 g/mol. The van der Waals surface area contributed by atoms with Crippen LogP contribution in [0.5, 0.6) is 5.75 Å². The molecule has 0 saturated carbocycles. The molecule has 1 amide bonds. The summed E-state index contributed by atoms with van der Waals surface area (Å²) in [5.41, 5.74) is 2.77. The van der Waals surface area contributed by atoms with Gasteiger partial charge in [-0.1, -0.05) is 41.1 Å². The molecule has 4 aromatic rings. The quantitative estimate of drug-likeness (QED) is 0.476. The summed E-state index contributed by atoms with van der Waals surface area (Å²) < 4.78 is 12.9. The minimum absolute atomic E-state index is 0.214. The maximum Gasteiger partial charge on any atom is 0.278 e. The molecule has 0 unspecified atom stereocenters.